The van der Waals surface area contributed by atoms with Crippen LogP contribution in [0.15, 0.2) is 36.4 Å². The first-order chi connectivity index (χ1) is 11.0. The molecule has 0 aliphatic carbocycles. The van der Waals surface area contributed by atoms with E-state index in [2.05, 4.69) is 0 Å². The molecule has 0 saturated heterocycles. The number of methoxy groups -OCH3 is 2. The van der Waals surface area contributed by atoms with Gasteiger partial charge in [0, 0.05) is 0 Å². The topological polar surface area (TPSA) is 93.1 Å². The van der Waals surface area contributed by atoms with Gasteiger partial charge in [0.25, 0.3) is 0 Å². The van der Waals surface area contributed by atoms with E-state index in [0.717, 1.165) is 5.56 Å². The molecule has 0 atom stereocenters. The summed E-state index contributed by atoms with van der Waals surface area (Å²) in [6.45, 7) is 0. The summed E-state index contributed by atoms with van der Waals surface area (Å²) in [6, 6.07) is 9.90. The molecular weight excluding hydrogens is 300 g/mol. The first kappa shape index (κ1) is 16.4. The predicted molar refractivity (Wildman–Crippen MR) is 83.3 cm³/mol. The monoisotopic (exact) mass is 316 g/mol. The van der Waals surface area contributed by atoms with Gasteiger partial charge in [0.15, 0.2) is 11.5 Å². The maximum atomic E-state index is 11.4. The van der Waals surface area contributed by atoms with Crippen LogP contribution < -0.4 is 9.47 Å². The highest BCUT2D eigenvalue weighted by Crippen LogP contribution is 2.33. The molecule has 0 aliphatic rings. The molecule has 6 heteroatoms. The number of rotatable bonds is 6. The van der Waals surface area contributed by atoms with Crippen molar-refractivity contribution in [2.75, 3.05) is 14.2 Å². The van der Waals surface area contributed by atoms with Crippen LogP contribution in [0.3, 0.4) is 0 Å². The van der Waals surface area contributed by atoms with E-state index in [1.54, 1.807) is 24.3 Å². The van der Waals surface area contributed by atoms with Crippen molar-refractivity contribution >= 4 is 11.9 Å². The fourth-order valence-electron chi connectivity index (χ4n) is 2.29. The van der Waals surface area contributed by atoms with Crippen molar-refractivity contribution in [2.24, 2.45) is 0 Å². The minimum Gasteiger partial charge on any atom is -0.493 e. The number of hydrogen-bond donors (Lipinski definition) is 2. The second-order valence-electron chi connectivity index (χ2n) is 4.82. The molecule has 0 radical (unpaired) electrons. The molecule has 6 nitrogen and oxygen atoms in total. The van der Waals surface area contributed by atoms with Crippen LogP contribution in [-0.4, -0.2) is 36.4 Å². The van der Waals surface area contributed by atoms with E-state index in [-0.39, 0.29) is 17.5 Å². The molecule has 0 bridgehead atoms. The summed E-state index contributed by atoms with van der Waals surface area (Å²) in [6.07, 6.45) is -0.339. The van der Waals surface area contributed by atoms with Gasteiger partial charge in [-0.15, -0.1) is 0 Å². The average Bonchev–Trinajstić information content (AvgIpc) is 2.53. The molecule has 0 aliphatic heterocycles. The van der Waals surface area contributed by atoms with E-state index in [4.69, 9.17) is 14.6 Å². The maximum Gasteiger partial charge on any atom is 0.336 e. The van der Waals surface area contributed by atoms with Crippen LogP contribution in [0.1, 0.15) is 15.9 Å². The van der Waals surface area contributed by atoms with Gasteiger partial charge in [-0.1, -0.05) is 18.2 Å². The van der Waals surface area contributed by atoms with Gasteiger partial charge in [-0.3, -0.25) is 4.79 Å². The lowest BCUT2D eigenvalue weighted by Gasteiger charge is -2.11. The van der Waals surface area contributed by atoms with Gasteiger partial charge in [-0.25, -0.2) is 4.79 Å². The third-order valence-electron chi connectivity index (χ3n) is 3.40. The van der Waals surface area contributed by atoms with Gasteiger partial charge in [0.2, 0.25) is 0 Å². The highest BCUT2D eigenvalue weighted by Gasteiger charge is 2.15. The first-order valence-electron chi connectivity index (χ1n) is 6.76. The minimum atomic E-state index is -1.16. The van der Waals surface area contributed by atoms with E-state index in [9.17, 15) is 14.7 Å². The normalized spacial score (nSPS) is 10.2. The molecule has 23 heavy (non-hydrogen) atoms. The molecule has 0 saturated carbocycles. The fraction of sp³-hybridized carbons (Fsp3) is 0.176. The Labute approximate surface area is 132 Å². The van der Waals surface area contributed by atoms with E-state index >= 15 is 0 Å². The van der Waals surface area contributed by atoms with Gasteiger partial charge < -0.3 is 19.7 Å². The molecular formula is C17H16O6. The van der Waals surface area contributed by atoms with Crippen molar-refractivity contribution in [3.63, 3.8) is 0 Å². The molecule has 0 aromatic heterocycles. The summed E-state index contributed by atoms with van der Waals surface area (Å²) in [7, 11) is 3.04. The second-order valence-corrected chi connectivity index (χ2v) is 4.82. The molecule has 0 fully saturated rings. The molecule has 0 heterocycles. The van der Waals surface area contributed by atoms with Crippen molar-refractivity contribution < 1.29 is 29.3 Å². The van der Waals surface area contributed by atoms with Crippen LogP contribution in [0.2, 0.25) is 0 Å². The van der Waals surface area contributed by atoms with Crippen molar-refractivity contribution in [1.29, 1.82) is 0 Å². The van der Waals surface area contributed by atoms with Crippen LogP contribution in [0.25, 0.3) is 11.1 Å². The Morgan fingerprint density at radius 2 is 1.52 bits per heavy atom. The lowest BCUT2D eigenvalue weighted by molar-refractivity contribution is -0.136. The Morgan fingerprint density at radius 3 is 2.09 bits per heavy atom. The number of aliphatic carboxylic acids is 1. The number of carboxylic acids is 2. The Morgan fingerprint density at radius 1 is 0.913 bits per heavy atom. The summed E-state index contributed by atoms with van der Waals surface area (Å²) < 4.78 is 10.4. The number of carbonyl (C=O) groups is 2. The third-order valence-corrected chi connectivity index (χ3v) is 3.40. The second kappa shape index (κ2) is 6.83. The Hall–Kier alpha value is -3.02. The van der Waals surface area contributed by atoms with Gasteiger partial charge in [0.1, 0.15) is 0 Å². The van der Waals surface area contributed by atoms with Gasteiger partial charge >= 0.3 is 11.9 Å². The van der Waals surface area contributed by atoms with Crippen LogP contribution in [-0.2, 0) is 11.2 Å². The average molecular weight is 316 g/mol. The smallest absolute Gasteiger partial charge is 0.336 e. The molecule has 0 amide bonds. The zero-order chi connectivity index (χ0) is 17.0. The lowest BCUT2D eigenvalue weighted by Crippen LogP contribution is -2.08. The van der Waals surface area contributed by atoms with Gasteiger partial charge in [-0.2, -0.15) is 0 Å². The zero-order valence-corrected chi connectivity index (χ0v) is 12.7. The third kappa shape index (κ3) is 3.60. The summed E-state index contributed by atoms with van der Waals surface area (Å²) >= 11 is 0. The molecule has 2 aromatic rings. The number of carboxylic acid groups (broad SMARTS) is 2. The lowest BCUT2D eigenvalue weighted by atomic mass is 9.97. The Bertz CT molecular complexity index is 751. The van der Waals surface area contributed by atoms with Gasteiger partial charge in [-0.05, 0) is 34.9 Å². The predicted octanol–water partition coefficient (Wildman–Crippen LogP) is 2.70. The highest BCUT2D eigenvalue weighted by molar-refractivity contribution is 5.92. The number of benzene rings is 2. The highest BCUT2D eigenvalue weighted by atomic mass is 16.5. The molecule has 120 valence electrons. The Kier molecular flexibility index (Phi) is 4.85. The van der Waals surface area contributed by atoms with Crippen molar-refractivity contribution in [1.82, 2.24) is 0 Å². The molecule has 2 rings (SSSR count). The van der Waals surface area contributed by atoms with Crippen LogP contribution in [0, 0.1) is 0 Å². The van der Waals surface area contributed by atoms with Crippen LogP contribution in [0.5, 0.6) is 11.5 Å². The van der Waals surface area contributed by atoms with Crippen molar-refractivity contribution in [3.05, 3.63) is 47.5 Å². The Balaban J connectivity index is 2.50. The fourth-order valence-corrected chi connectivity index (χ4v) is 2.29. The summed E-state index contributed by atoms with van der Waals surface area (Å²) in [5.74, 6) is -1.15. The van der Waals surface area contributed by atoms with Crippen LogP contribution >= 0.6 is 0 Å². The number of ether oxygens (including phenoxy) is 2. The van der Waals surface area contributed by atoms with E-state index < -0.39 is 11.9 Å². The SMILES string of the molecule is COc1ccc(-c2ccc(CC(=O)O)c(C(=O)O)c2)cc1OC. The van der Waals surface area contributed by atoms with Crippen molar-refractivity contribution in [3.8, 4) is 22.6 Å². The zero-order valence-electron chi connectivity index (χ0n) is 12.7. The largest absolute Gasteiger partial charge is 0.493 e. The number of hydrogen-bond acceptors (Lipinski definition) is 4. The van der Waals surface area contributed by atoms with E-state index in [1.807, 2.05) is 0 Å². The summed E-state index contributed by atoms with van der Waals surface area (Å²) in [5.41, 5.74) is 1.62. The van der Waals surface area contributed by atoms with Gasteiger partial charge in [0.05, 0.1) is 26.2 Å². The van der Waals surface area contributed by atoms with E-state index in [0.29, 0.717) is 17.1 Å². The molecule has 2 aromatic carbocycles. The standard InChI is InChI=1S/C17H16O6/c1-22-14-6-5-11(8-15(14)23-2)10-3-4-12(9-16(18)19)13(7-10)17(20)21/h3-8H,9H2,1-2H3,(H,18,19)(H,20,21). The van der Waals surface area contributed by atoms with Crippen LogP contribution in [0.4, 0.5) is 0 Å². The maximum absolute atomic E-state index is 11.4. The van der Waals surface area contributed by atoms with E-state index in [1.165, 1.54) is 26.4 Å². The molecule has 0 spiro atoms. The molecule has 2 N–H and O–H groups in total. The molecule has 0 unspecified atom stereocenters. The summed E-state index contributed by atoms with van der Waals surface area (Å²) in [4.78, 5) is 22.2. The van der Waals surface area contributed by atoms with Crippen molar-refractivity contribution in [2.45, 2.75) is 6.42 Å². The number of aromatic carboxylic acids is 1. The first-order valence-corrected chi connectivity index (χ1v) is 6.76. The quantitative estimate of drug-likeness (QED) is 0.851. The minimum absolute atomic E-state index is 0.0281. The summed E-state index contributed by atoms with van der Waals surface area (Å²) in [5, 5.41) is 18.2.